The van der Waals surface area contributed by atoms with Gasteiger partial charge in [-0.2, -0.15) is 0 Å². The van der Waals surface area contributed by atoms with E-state index in [0.717, 1.165) is 39.7 Å². The van der Waals surface area contributed by atoms with Crippen molar-refractivity contribution in [3.05, 3.63) is 79.9 Å². The fraction of sp³-hybridized carbons (Fsp3) is 0.419. The van der Waals surface area contributed by atoms with E-state index >= 15 is 0 Å². The summed E-state index contributed by atoms with van der Waals surface area (Å²) in [6, 6.07) is 9.04. The number of nitro groups is 1. The number of anilines is 1. The number of aromatic hydroxyl groups is 1. The standard InChI is InChI=1S/C31H36N2O8/c1-4-19(12-20-10-17(2)29(37)18(3)11-20)8-9-26(36)27-21(15-34)13-24-28(25(27)16-35)31(39)32(30(24)38)22-6-5-7-23(14-22)33(40)41/h5-7,10-12,14,24-26,28,34-37H,4,8-9,13,15-16H2,1-3H3/b19-12+/t24-,25+,26-,28-/m1/s1. The Bertz CT molecular complexity index is 1410. The fourth-order valence-electron chi connectivity index (χ4n) is 6.24. The highest BCUT2D eigenvalue weighted by atomic mass is 16.6. The van der Waals surface area contributed by atoms with Gasteiger partial charge in [0.2, 0.25) is 11.8 Å². The van der Waals surface area contributed by atoms with E-state index in [1.165, 1.54) is 18.2 Å². The van der Waals surface area contributed by atoms with E-state index < -0.39 is 53.8 Å². The molecule has 1 aliphatic carbocycles. The van der Waals surface area contributed by atoms with Crippen LogP contribution < -0.4 is 4.90 Å². The first kappa shape index (κ1) is 30.1. The molecule has 2 aliphatic rings. The van der Waals surface area contributed by atoms with E-state index in [4.69, 9.17) is 0 Å². The summed E-state index contributed by atoms with van der Waals surface area (Å²) in [4.78, 5) is 38.6. The largest absolute Gasteiger partial charge is 0.507 e. The van der Waals surface area contributed by atoms with Crippen LogP contribution in [0.25, 0.3) is 6.08 Å². The molecule has 1 aliphatic heterocycles. The summed E-state index contributed by atoms with van der Waals surface area (Å²) in [6.45, 7) is 4.72. The average molecular weight is 565 g/mol. The number of non-ortho nitro benzene ring substituents is 1. The Morgan fingerprint density at radius 1 is 1.15 bits per heavy atom. The average Bonchev–Trinajstić information content (AvgIpc) is 3.21. The number of carbonyl (C=O) groups excluding carboxylic acids is 2. The maximum absolute atomic E-state index is 13.6. The predicted molar refractivity (Wildman–Crippen MR) is 153 cm³/mol. The van der Waals surface area contributed by atoms with Crippen LogP contribution in [0.5, 0.6) is 5.75 Å². The highest BCUT2D eigenvalue weighted by molar-refractivity contribution is 6.22. The van der Waals surface area contributed by atoms with Crippen LogP contribution in [0.2, 0.25) is 0 Å². The number of nitrogens with zero attached hydrogens (tertiary/aromatic N) is 2. The van der Waals surface area contributed by atoms with E-state index in [9.17, 15) is 40.1 Å². The lowest BCUT2D eigenvalue weighted by atomic mass is 9.68. The minimum Gasteiger partial charge on any atom is -0.507 e. The molecule has 2 aromatic carbocycles. The molecule has 0 spiro atoms. The maximum atomic E-state index is 13.6. The van der Waals surface area contributed by atoms with Crippen molar-refractivity contribution in [1.82, 2.24) is 0 Å². The Kier molecular flexibility index (Phi) is 9.06. The van der Waals surface area contributed by atoms with Gasteiger partial charge in [0.1, 0.15) is 5.75 Å². The Hall–Kier alpha value is -3.86. The number of benzene rings is 2. The number of allylic oxidation sites excluding steroid dienone is 1. The first-order valence-corrected chi connectivity index (χ1v) is 13.8. The van der Waals surface area contributed by atoms with Crippen molar-refractivity contribution in [2.45, 2.75) is 52.6 Å². The lowest BCUT2D eigenvalue weighted by molar-refractivity contribution is -0.384. The van der Waals surface area contributed by atoms with Gasteiger partial charge in [-0.3, -0.25) is 19.7 Å². The van der Waals surface area contributed by atoms with Crippen molar-refractivity contribution in [3.63, 3.8) is 0 Å². The molecule has 1 saturated heterocycles. The second kappa shape index (κ2) is 12.3. The number of aliphatic hydroxyl groups excluding tert-OH is 3. The van der Waals surface area contributed by atoms with E-state index in [1.807, 2.05) is 39.0 Å². The molecular formula is C31H36N2O8. The van der Waals surface area contributed by atoms with Gasteiger partial charge in [-0.15, -0.1) is 0 Å². The highest BCUT2D eigenvalue weighted by Crippen LogP contribution is 2.47. The van der Waals surface area contributed by atoms with Gasteiger partial charge in [0.25, 0.3) is 5.69 Å². The molecule has 41 heavy (non-hydrogen) atoms. The van der Waals surface area contributed by atoms with Gasteiger partial charge in [-0.05, 0) is 85.6 Å². The summed E-state index contributed by atoms with van der Waals surface area (Å²) in [5, 5.41) is 53.3. The molecule has 0 saturated carbocycles. The number of fused-ring (bicyclic) bond motifs is 1. The summed E-state index contributed by atoms with van der Waals surface area (Å²) in [5.41, 5.74) is 4.13. The summed E-state index contributed by atoms with van der Waals surface area (Å²) >= 11 is 0. The molecule has 4 atom stereocenters. The molecule has 1 fully saturated rings. The highest BCUT2D eigenvalue weighted by Gasteiger charge is 2.55. The van der Waals surface area contributed by atoms with Crippen molar-refractivity contribution in [2.75, 3.05) is 18.1 Å². The van der Waals surface area contributed by atoms with Gasteiger partial charge >= 0.3 is 0 Å². The maximum Gasteiger partial charge on any atom is 0.271 e. The molecule has 2 amide bonds. The first-order chi connectivity index (χ1) is 19.5. The minimum atomic E-state index is -1.07. The Morgan fingerprint density at radius 2 is 1.83 bits per heavy atom. The monoisotopic (exact) mass is 564 g/mol. The van der Waals surface area contributed by atoms with Crippen LogP contribution in [0.15, 0.2) is 53.1 Å². The summed E-state index contributed by atoms with van der Waals surface area (Å²) in [5.74, 6) is -3.58. The molecule has 0 bridgehead atoms. The summed E-state index contributed by atoms with van der Waals surface area (Å²) in [7, 11) is 0. The van der Waals surface area contributed by atoms with Crippen LogP contribution in [0.4, 0.5) is 11.4 Å². The SMILES string of the molecule is CC/C(=C\c1cc(C)c(O)c(C)c1)CC[C@@H](O)C1=C(CO)C[C@H]2C(=O)N(c3cccc([N+](=O)[O-])c3)C(=O)[C@H]2[C@H]1CO. The predicted octanol–water partition coefficient (Wildman–Crippen LogP) is 3.96. The number of nitro benzene ring substituents is 1. The van der Waals surface area contributed by atoms with Crippen molar-refractivity contribution < 1.29 is 34.9 Å². The Balaban J connectivity index is 1.59. The van der Waals surface area contributed by atoms with E-state index in [1.54, 1.807) is 0 Å². The lowest BCUT2D eigenvalue weighted by Gasteiger charge is -2.36. The molecule has 0 radical (unpaired) electrons. The Labute approximate surface area is 238 Å². The smallest absolute Gasteiger partial charge is 0.271 e. The van der Waals surface area contributed by atoms with Crippen LogP contribution >= 0.6 is 0 Å². The quantitative estimate of drug-likeness (QED) is 0.146. The third kappa shape index (κ3) is 5.81. The number of aryl methyl sites for hydroxylation is 2. The molecule has 2 aromatic rings. The molecule has 1 heterocycles. The Morgan fingerprint density at radius 3 is 2.41 bits per heavy atom. The summed E-state index contributed by atoms with van der Waals surface area (Å²) in [6.07, 6.45) is 2.50. The molecule has 218 valence electrons. The van der Waals surface area contributed by atoms with Crippen molar-refractivity contribution >= 4 is 29.3 Å². The van der Waals surface area contributed by atoms with Crippen LogP contribution in [0.1, 0.15) is 49.3 Å². The first-order valence-electron chi connectivity index (χ1n) is 13.8. The third-order valence-corrected chi connectivity index (χ3v) is 8.31. The van der Waals surface area contributed by atoms with Gasteiger partial charge in [-0.1, -0.05) is 24.6 Å². The minimum absolute atomic E-state index is 0.0442. The molecular weight excluding hydrogens is 528 g/mol. The molecule has 4 N–H and O–H groups in total. The second-order valence-corrected chi connectivity index (χ2v) is 10.8. The molecule has 0 unspecified atom stereocenters. The van der Waals surface area contributed by atoms with Gasteiger partial charge < -0.3 is 20.4 Å². The lowest BCUT2D eigenvalue weighted by Crippen LogP contribution is -2.39. The van der Waals surface area contributed by atoms with Crippen molar-refractivity contribution in [2.24, 2.45) is 17.8 Å². The number of imide groups is 1. The van der Waals surface area contributed by atoms with Crippen LogP contribution in [0.3, 0.4) is 0 Å². The van der Waals surface area contributed by atoms with E-state index in [0.29, 0.717) is 17.6 Å². The number of hydrogen-bond acceptors (Lipinski definition) is 8. The number of rotatable bonds is 10. The van der Waals surface area contributed by atoms with Crippen molar-refractivity contribution in [1.29, 1.82) is 0 Å². The van der Waals surface area contributed by atoms with Gasteiger partial charge in [0.05, 0.1) is 41.8 Å². The number of amides is 2. The van der Waals surface area contributed by atoms with Gasteiger partial charge in [0, 0.05) is 18.1 Å². The van der Waals surface area contributed by atoms with Gasteiger partial charge in [0.15, 0.2) is 0 Å². The number of phenols is 1. The second-order valence-electron chi connectivity index (χ2n) is 10.8. The van der Waals surface area contributed by atoms with E-state index in [-0.39, 0.29) is 30.0 Å². The fourth-order valence-corrected chi connectivity index (χ4v) is 6.24. The number of hydrogen-bond donors (Lipinski definition) is 4. The number of phenolic OH excluding ortho intramolecular Hbond substituents is 1. The number of aliphatic hydroxyl groups is 3. The zero-order valence-electron chi connectivity index (χ0n) is 23.4. The van der Waals surface area contributed by atoms with E-state index in [2.05, 4.69) is 0 Å². The zero-order valence-corrected chi connectivity index (χ0v) is 23.4. The topological polar surface area (TPSA) is 161 Å². The normalized spacial score (nSPS) is 21.9. The molecule has 10 nitrogen and oxygen atoms in total. The zero-order chi connectivity index (χ0) is 30.0. The molecule has 4 rings (SSSR count). The number of carbonyl (C=O) groups is 2. The van der Waals surface area contributed by atoms with Crippen molar-refractivity contribution in [3.8, 4) is 5.75 Å². The van der Waals surface area contributed by atoms with Crippen LogP contribution in [0, 0.1) is 41.7 Å². The third-order valence-electron chi connectivity index (χ3n) is 8.31. The van der Waals surface area contributed by atoms with Crippen LogP contribution in [-0.2, 0) is 9.59 Å². The molecule has 10 heteroatoms. The molecule has 0 aromatic heterocycles. The van der Waals surface area contributed by atoms with Crippen LogP contribution in [-0.4, -0.2) is 56.5 Å². The summed E-state index contributed by atoms with van der Waals surface area (Å²) < 4.78 is 0. The van der Waals surface area contributed by atoms with Gasteiger partial charge in [-0.25, -0.2) is 4.90 Å².